The molecule has 0 amide bonds. The van der Waals surface area contributed by atoms with Crippen molar-refractivity contribution in [3.8, 4) is 0 Å². The lowest BCUT2D eigenvalue weighted by Gasteiger charge is -1.88. The first kappa shape index (κ1) is 11.0. The highest BCUT2D eigenvalue weighted by Crippen LogP contribution is 2.11. The molecule has 0 N–H and O–H groups in total. The zero-order chi connectivity index (χ0) is 9.56. The van der Waals surface area contributed by atoms with Crippen LogP contribution in [-0.2, 0) is 0 Å². The Bertz CT molecular complexity index is 248. The molecule has 12 heavy (non-hydrogen) atoms. The fourth-order valence-corrected chi connectivity index (χ4v) is 0.711. The molecule has 0 saturated carbocycles. The van der Waals surface area contributed by atoms with Gasteiger partial charge in [0.25, 0.3) is 0 Å². The second-order valence-corrected chi connectivity index (χ2v) is 2.51. The van der Waals surface area contributed by atoms with E-state index in [9.17, 15) is 10.1 Å². The first-order valence-corrected chi connectivity index (χ1v) is 4.25. The molecule has 0 aliphatic rings. The van der Waals surface area contributed by atoms with Crippen molar-refractivity contribution in [3.63, 3.8) is 0 Å². The first-order chi connectivity index (χ1) is 5.70. The summed E-state index contributed by atoms with van der Waals surface area (Å²) in [7, 11) is 0. The Morgan fingerprint density at radius 2 is 2.08 bits per heavy atom. The molecule has 66 valence electrons. The number of aromatic nitrogens is 1. The summed E-state index contributed by atoms with van der Waals surface area (Å²) >= 11 is 3.11. The predicted octanol–water partition coefficient (Wildman–Crippen LogP) is 2.78. The molecule has 0 saturated heterocycles. The summed E-state index contributed by atoms with van der Waals surface area (Å²) in [5.74, 6) is -0.136. The Morgan fingerprint density at radius 3 is 2.42 bits per heavy atom. The number of nitro groups is 1. The molecule has 1 aromatic rings. The lowest BCUT2D eigenvalue weighted by molar-refractivity contribution is -0.389. The monoisotopic (exact) mass is 232 g/mol. The van der Waals surface area contributed by atoms with Gasteiger partial charge in [-0.2, -0.15) is 0 Å². The van der Waals surface area contributed by atoms with E-state index in [1.165, 1.54) is 12.3 Å². The lowest BCUT2D eigenvalue weighted by Crippen LogP contribution is -1.89. The van der Waals surface area contributed by atoms with Gasteiger partial charge in [-0.1, -0.05) is 13.8 Å². The van der Waals surface area contributed by atoms with Crippen LogP contribution < -0.4 is 0 Å². The molecule has 0 unspecified atom stereocenters. The molecule has 4 nitrogen and oxygen atoms in total. The summed E-state index contributed by atoms with van der Waals surface area (Å²) in [6.45, 7) is 4.00. The minimum Gasteiger partial charge on any atom is -0.358 e. The van der Waals surface area contributed by atoms with E-state index in [1.54, 1.807) is 6.07 Å². The van der Waals surface area contributed by atoms with Crippen LogP contribution in [0.2, 0.25) is 0 Å². The fraction of sp³-hybridized carbons (Fsp3) is 0.286. The number of pyridine rings is 1. The maximum atomic E-state index is 10.0. The largest absolute Gasteiger partial charge is 0.363 e. The smallest absolute Gasteiger partial charge is 0.358 e. The standard InChI is InChI=1S/C5H3BrN2O2.C2H6/c6-4-1-2-5(7-3-4)8(9)10;1-2/h1-3H;1-2H3. The summed E-state index contributed by atoms with van der Waals surface area (Å²) in [5.41, 5.74) is 0. The van der Waals surface area contributed by atoms with Crippen molar-refractivity contribution in [1.29, 1.82) is 0 Å². The third kappa shape index (κ3) is 3.43. The Labute approximate surface area is 78.9 Å². The van der Waals surface area contributed by atoms with E-state index in [0.29, 0.717) is 0 Å². The van der Waals surface area contributed by atoms with Gasteiger partial charge in [0, 0.05) is 6.07 Å². The Hall–Kier alpha value is -0.970. The Kier molecular flexibility index (Phi) is 5.19. The van der Waals surface area contributed by atoms with Gasteiger partial charge in [0.05, 0.1) is 4.47 Å². The molecule has 1 heterocycles. The molecule has 0 aromatic carbocycles. The van der Waals surface area contributed by atoms with Gasteiger partial charge < -0.3 is 10.1 Å². The Balaban J connectivity index is 0.000000561. The molecular weight excluding hydrogens is 224 g/mol. The van der Waals surface area contributed by atoms with E-state index in [1.807, 2.05) is 13.8 Å². The number of hydrogen-bond donors (Lipinski definition) is 0. The van der Waals surface area contributed by atoms with Crippen molar-refractivity contribution in [2.24, 2.45) is 0 Å². The van der Waals surface area contributed by atoms with E-state index in [2.05, 4.69) is 20.9 Å². The molecule has 0 bridgehead atoms. The normalized spacial score (nSPS) is 8.25. The van der Waals surface area contributed by atoms with Crippen LogP contribution in [0.25, 0.3) is 0 Å². The maximum absolute atomic E-state index is 10.0. The molecule has 5 heteroatoms. The quantitative estimate of drug-likeness (QED) is 0.553. The number of hydrogen-bond acceptors (Lipinski definition) is 3. The summed E-state index contributed by atoms with van der Waals surface area (Å²) in [6, 6.07) is 2.91. The van der Waals surface area contributed by atoms with Gasteiger partial charge in [0.1, 0.15) is 0 Å². The third-order valence-corrected chi connectivity index (χ3v) is 1.37. The zero-order valence-electron chi connectivity index (χ0n) is 6.82. The van der Waals surface area contributed by atoms with E-state index in [0.717, 1.165) is 4.47 Å². The van der Waals surface area contributed by atoms with Crippen molar-refractivity contribution >= 4 is 21.7 Å². The van der Waals surface area contributed by atoms with Crippen molar-refractivity contribution < 1.29 is 4.92 Å². The van der Waals surface area contributed by atoms with Gasteiger partial charge in [0.15, 0.2) is 6.20 Å². The van der Waals surface area contributed by atoms with Crippen molar-refractivity contribution in [1.82, 2.24) is 4.98 Å². The molecule has 0 aliphatic carbocycles. The van der Waals surface area contributed by atoms with Crippen molar-refractivity contribution in [3.05, 3.63) is 32.9 Å². The average Bonchev–Trinajstić information content (AvgIpc) is 2.09. The second kappa shape index (κ2) is 5.65. The highest BCUT2D eigenvalue weighted by Gasteiger charge is 2.03. The molecule has 0 atom stereocenters. The molecular formula is C7H9BrN2O2. The van der Waals surface area contributed by atoms with Gasteiger partial charge in [-0.05, 0) is 31.9 Å². The summed E-state index contributed by atoms with van der Waals surface area (Å²) in [5, 5.41) is 10.0. The minimum absolute atomic E-state index is 0.136. The molecule has 0 fully saturated rings. The van der Waals surface area contributed by atoms with E-state index >= 15 is 0 Å². The van der Waals surface area contributed by atoms with Crippen LogP contribution in [0.5, 0.6) is 0 Å². The summed E-state index contributed by atoms with van der Waals surface area (Å²) in [6.07, 6.45) is 1.39. The van der Waals surface area contributed by atoms with E-state index in [4.69, 9.17) is 0 Å². The molecule has 1 rings (SSSR count). The van der Waals surface area contributed by atoms with E-state index < -0.39 is 4.92 Å². The number of rotatable bonds is 1. The highest BCUT2D eigenvalue weighted by molar-refractivity contribution is 9.10. The first-order valence-electron chi connectivity index (χ1n) is 3.46. The van der Waals surface area contributed by atoms with Crippen LogP contribution in [0.3, 0.4) is 0 Å². The number of halogens is 1. The van der Waals surface area contributed by atoms with Crippen LogP contribution in [-0.4, -0.2) is 9.91 Å². The predicted molar refractivity (Wildman–Crippen MR) is 49.9 cm³/mol. The molecule has 0 radical (unpaired) electrons. The van der Waals surface area contributed by atoms with Gasteiger partial charge in [-0.3, -0.25) is 0 Å². The van der Waals surface area contributed by atoms with Gasteiger partial charge in [-0.15, -0.1) is 0 Å². The van der Waals surface area contributed by atoms with E-state index in [-0.39, 0.29) is 5.82 Å². The van der Waals surface area contributed by atoms with Crippen LogP contribution in [0, 0.1) is 10.1 Å². The fourth-order valence-electron chi connectivity index (χ4n) is 0.476. The molecule has 0 spiro atoms. The van der Waals surface area contributed by atoms with Crippen LogP contribution in [0.1, 0.15) is 13.8 Å². The SMILES string of the molecule is CC.O=[N+]([O-])c1ccc(Br)cn1. The van der Waals surface area contributed by atoms with Gasteiger partial charge in [-0.25, -0.2) is 0 Å². The molecule has 0 aliphatic heterocycles. The van der Waals surface area contributed by atoms with Crippen molar-refractivity contribution in [2.75, 3.05) is 0 Å². The van der Waals surface area contributed by atoms with Gasteiger partial charge >= 0.3 is 5.82 Å². The minimum atomic E-state index is -0.535. The molecule has 1 aromatic heterocycles. The van der Waals surface area contributed by atoms with Crippen LogP contribution in [0.15, 0.2) is 22.8 Å². The lowest BCUT2D eigenvalue weighted by atomic mass is 10.5. The zero-order valence-corrected chi connectivity index (χ0v) is 8.41. The second-order valence-electron chi connectivity index (χ2n) is 1.59. The number of nitrogens with zero attached hydrogens (tertiary/aromatic N) is 2. The highest BCUT2D eigenvalue weighted by atomic mass is 79.9. The Morgan fingerprint density at radius 1 is 1.50 bits per heavy atom. The maximum Gasteiger partial charge on any atom is 0.363 e. The summed E-state index contributed by atoms with van der Waals surface area (Å²) < 4.78 is 0.734. The summed E-state index contributed by atoms with van der Waals surface area (Å²) in [4.78, 5) is 13.0. The van der Waals surface area contributed by atoms with Crippen LogP contribution >= 0.6 is 15.9 Å². The van der Waals surface area contributed by atoms with Crippen molar-refractivity contribution in [2.45, 2.75) is 13.8 Å². The average molecular weight is 233 g/mol. The van der Waals surface area contributed by atoms with Gasteiger partial charge in [0.2, 0.25) is 0 Å². The van der Waals surface area contributed by atoms with Crippen LogP contribution in [0.4, 0.5) is 5.82 Å². The topological polar surface area (TPSA) is 56.0 Å². The third-order valence-electron chi connectivity index (χ3n) is 0.899.